The van der Waals surface area contributed by atoms with E-state index < -0.39 is 10.0 Å². The Morgan fingerprint density at radius 2 is 1.96 bits per heavy atom. The molecule has 0 radical (unpaired) electrons. The van der Waals surface area contributed by atoms with Gasteiger partial charge in [0.25, 0.3) is 0 Å². The minimum Gasteiger partial charge on any atom is -0.381 e. The first-order chi connectivity index (χ1) is 12.6. The number of aliphatic imine (C=N–C) groups is 1. The molecule has 1 aliphatic heterocycles. The van der Waals surface area contributed by atoms with Crippen LogP contribution in [-0.4, -0.2) is 72.7 Å². The van der Waals surface area contributed by atoms with E-state index in [1.54, 1.807) is 7.05 Å². The third-order valence-corrected chi connectivity index (χ3v) is 5.85. The zero-order valence-corrected chi connectivity index (χ0v) is 19.4. The van der Waals surface area contributed by atoms with Gasteiger partial charge in [0.15, 0.2) is 5.96 Å². The van der Waals surface area contributed by atoms with Crippen molar-refractivity contribution in [2.24, 2.45) is 10.9 Å². The lowest BCUT2D eigenvalue weighted by Crippen LogP contribution is -2.42. The third kappa shape index (κ3) is 12.1. The Hall–Kier alpha value is -0.170. The molecule has 1 aliphatic carbocycles. The van der Waals surface area contributed by atoms with E-state index in [4.69, 9.17) is 9.47 Å². The van der Waals surface area contributed by atoms with Crippen LogP contribution >= 0.6 is 24.0 Å². The number of hydrogen-bond acceptors (Lipinski definition) is 5. The molecule has 0 aromatic heterocycles. The van der Waals surface area contributed by atoms with E-state index in [-0.39, 0.29) is 35.8 Å². The first-order valence-electron chi connectivity index (χ1n) is 9.70. The van der Waals surface area contributed by atoms with Crippen molar-refractivity contribution in [2.45, 2.75) is 44.6 Å². The molecular weight excluding hydrogens is 483 g/mol. The molecule has 160 valence electrons. The Morgan fingerprint density at radius 1 is 1.19 bits per heavy atom. The Labute approximate surface area is 180 Å². The Kier molecular flexibility index (Phi) is 12.8. The number of sulfonamides is 1. The van der Waals surface area contributed by atoms with E-state index >= 15 is 0 Å². The largest absolute Gasteiger partial charge is 0.381 e. The van der Waals surface area contributed by atoms with Crippen molar-refractivity contribution in [2.75, 3.05) is 52.3 Å². The summed E-state index contributed by atoms with van der Waals surface area (Å²) in [4.78, 5) is 4.10. The molecule has 0 aromatic rings. The third-order valence-electron chi connectivity index (χ3n) is 4.50. The molecule has 0 amide bonds. The van der Waals surface area contributed by atoms with Crippen LogP contribution in [0.15, 0.2) is 4.99 Å². The maximum atomic E-state index is 12.1. The van der Waals surface area contributed by atoms with Crippen molar-refractivity contribution in [3.63, 3.8) is 0 Å². The molecule has 2 rings (SSSR count). The molecule has 1 atom stereocenters. The van der Waals surface area contributed by atoms with Crippen molar-refractivity contribution in [3.8, 4) is 0 Å². The highest BCUT2D eigenvalue weighted by Crippen LogP contribution is 2.28. The molecule has 3 N–H and O–H groups in total. The molecule has 0 bridgehead atoms. The van der Waals surface area contributed by atoms with Gasteiger partial charge in [0.1, 0.15) is 0 Å². The highest BCUT2D eigenvalue weighted by atomic mass is 127. The van der Waals surface area contributed by atoms with Crippen molar-refractivity contribution in [3.05, 3.63) is 0 Å². The minimum absolute atomic E-state index is 0. The second-order valence-electron chi connectivity index (χ2n) is 6.95. The summed E-state index contributed by atoms with van der Waals surface area (Å²) in [5.41, 5.74) is 0. The maximum absolute atomic E-state index is 12.1. The second kappa shape index (κ2) is 13.9. The molecule has 1 unspecified atom stereocenters. The quantitative estimate of drug-likeness (QED) is 0.155. The summed E-state index contributed by atoms with van der Waals surface area (Å²) in [6.45, 7) is 3.75. The van der Waals surface area contributed by atoms with Crippen molar-refractivity contribution in [1.82, 2.24) is 15.4 Å². The van der Waals surface area contributed by atoms with E-state index in [2.05, 4.69) is 20.3 Å². The van der Waals surface area contributed by atoms with Crippen LogP contribution in [-0.2, 0) is 19.5 Å². The summed E-state index contributed by atoms with van der Waals surface area (Å²) in [5, 5.41) is 6.20. The molecule has 1 saturated carbocycles. The van der Waals surface area contributed by atoms with E-state index in [0.717, 1.165) is 58.0 Å². The van der Waals surface area contributed by atoms with Crippen molar-refractivity contribution >= 4 is 40.0 Å². The standard InChI is InChI=1S/C17H34N4O4S.HI/c1-18-17(19-8-4-10-24-14-15-6-7-15)20-9-12-26(22,23)21-13-16-5-2-3-11-25-16;/h15-16,21H,2-14H2,1H3,(H2,18,19,20);1H. The fourth-order valence-corrected chi connectivity index (χ4v) is 3.66. The minimum atomic E-state index is -3.31. The fraction of sp³-hybridized carbons (Fsp3) is 0.941. The average molecular weight is 518 g/mol. The first-order valence-corrected chi connectivity index (χ1v) is 11.4. The van der Waals surface area contributed by atoms with Gasteiger partial charge in [-0.2, -0.15) is 0 Å². The van der Waals surface area contributed by atoms with Gasteiger partial charge in [-0.15, -0.1) is 24.0 Å². The number of guanidine groups is 1. The molecule has 2 aliphatic rings. The van der Waals surface area contributed by atoms with Crippen LogP contribution < -0.4 is 15.4 Å². The molecule has 8 nitrogen and oxygen atoms in total. The van der Waals surface area contributed by atoms with Gasteiger partial charge in [0.05, 0.1) is 11.9 Å². The van der Waals surface area contributed by atoms with Crippen molar-refractivity contribution in [1.29, 1.82) is 0 Å². The molecule has 0 spiro atoms. The highest BCUT2D eigenvalue weighted by Gasteiger charge is 2.21. The lowest BCUT2D eigenvalue weighted by atomic mass is 10.1. The average Bonchev–Trinajstić information content (AvgIpc) is 3.46. The van der Waals surface area contributed by atoms with Gasteiger partial charge >= 0.3 is 0 Å². The zero-order valence-electron chi connectivity index (χ0n) is 16.2. The van der Waals surface area contributed by atoms with Crippen LogP contribution in [0.4, 0.5) is 0 Å². The molecule has 10 heteroatoms. The number of rotatable bonds is 12. The molecule has 1 heterocycles. The van der Waals surface area contributed by atoms with E-state index in [9.17, 15) is 8.42 Å². The van der Waals surface area contributed by atoms with Crippen LogP contribution in [0.25, 0.3) is 0 Å². The van der Waals surface area contributed by atoms with E-state index in [0.29, 0.717) is 19.0 Å². The van der Waals surface area contributed by atoms with Crippen LogP contribution in [0.3, 0.4) is 0 Å². The fourth-order valence-electron chi connectivity index (χ4n) is 2.70. The Balaban J connectivity index is 0.00000364. The molecule has 1 saturated heterocycles. The topological polar surface area (TPSA) is 101 Å². The summed E-state index contributed by atoms with van der Waals surface area (Å²) in [5.74, 6) is 1.40. The number of nitrogens with one attached hydrogen (secondary N) is 3. The van der Waals surface area contributed by atoms with Crippen LogP contribution in [0, 0.1) is 5.92 Å². The van der Waals surface area contributed by atoms with Gasteiger partial charge in [-0.3, -0.25) is 4.99 Å². The van der Waals surface area contributed by atoms with Crippen LogP contribution in [0.5, 0.6) is 0 Å². The first kappa shape index (κ1) is 24.9. The van der Waals surface area contributed by atoms with Gasteiger partial charge in [0, 0.05) is 46.5 Å². The predicted octanol–water partition coefficient (Wildman–Crippen LogP) is 1.07. The van der Waals surface area contributed by atoms with Gasteiger partial charge in [-0.1, -0.05) is 0 Å². The Morgan fingerprint density at radius 3 is 2.63 bits per heavy atom. The highest BCUT2D eigenvalue weighted by molar-refractivity contribution is 14.0. The van der Waals surface area contributed by atoms with Gasteiger partial charge in [-0.25, -0.2) is 13.1 Å². The SMILES string of the molecule is CN=C(NCCCOCC1CC1)NCCS(=O)(=O)NCC1CCCCO1.I. The lowest BCUT2D eigenvalue weighted by Gasteiger charge is -2.22. The molecule has 0 aromatic carbocycles. The predicted molar refractivity (Wildman–Crippen MR) is 118 cm³/mol. The summed E-state index contributed by atoms with van der Waals surface area (Å²) in [7, 11) is -1.64. The van der Waals surface area contributed by atoms with Crippen molar-refractivity contribution < 1.29 is 17.9 Å². The smallest absolute Gasteiger partial charge is 0.213 e. The normalized spacial score (nSPS) is 20.8. The molecular formula is C17H35IN4O4S. The summed E-state index contributed by atoms with van der Waals surface area (Å²) >= 11 is 0. The van der Waals surface area contributed by atoms with Gasteiger partial charge < -0.3 is 20.1 Å². The molecule has 27 heavy (non-hydrogen) atoms. The summed E-state index contributed by atoms with van der Waals surface area (Å²) in [6.07, 6.45) is 6.59. The Bertz CT molecular complexity index is 523. The van der Waals surface area contributed by atoms with E-state index in [1.165, 1.54) is 12.8 Å². The van der Waals surface area contributed by atoms with Crippen LogP contribution in [0.2, 0.25) is 0 Å². The number of halogens is 1. The molecule has 2 fully saturated rings. The number of ether oxygens (including phenoxy) is 2. The lowest BCUT2D eigenvalue weighted by molar-refractivity contribution is 0.0200. The second-order valence-corrected chi connectivity index (χ2v) is 8.88. The summed E-state index contributed by atoms with van der Waals surface area (Å²) < 4.78 is 37.9. The number of hydrogen-bond donors (Lipinski definition) is 3. The van der Waals surface area contributed by atoms with Gasteiger partial charge in [-0.05, 0) is 44.4 Å². The maximum Gasteiger partial charge on any atom is 0.213 e. The summed E-state index contributed by atoms with van der Waals surface area (Å²) in [6, 6.07) is 0. The van der Waals surface area contributed by atoms with E-state index in [1.807, 2.05) is 0 Å². The monoisotopic (exact) mass is 518 g/mol. The number of nitrogens with zero attached hydrogens (tertiary/aromatic N) is 1. The van der Waals surface area contributed by atoms with Crippen LogP contribution in [0.1, 0.15) is 38.5 Å². The van der Waals surface area contributed by atoms with Gasteiger partial charge in [0.2, 0.25) is 10.0 Å². The zero-order chi connectivity index (χ0) is 18.7.